The number of hydrogen-bond acceptors (Lipinski definition) is 6. The summed E-state index contributed by atoms with van der Waals surface area (Å²) in [5, 5.41) is 0. The van der Waals surface area contributed by atoms with E-state index >= 15 is 0 Å². The standard InChI is InChI=1S/C27H33F3N4O3/c1-6-20-21(32-27(31-20)18-13-19(28)16(2)23(29)24(18)30)15-34-11-9-33(10-12-34)14-17-7-8-22(35-3)26(37-5)25(17)36-4/h7-8,13H,6,9-12,14-15H2,1-5H3,(H,31,32). The van der Waals surface area contributed by atoms with E-state index in [9.17, 15) is 13.2 Å². The summed E-state index contributed by atoms with van der Waals surface area (Å²) in [6.07, 6.45) is 0.614. The second-order valence-electron chi connectivity index (χ2n) is 9.07. The lowest BCUT2D eigenvalue weighted by Crippen LogP contribution is -2.45. The molecule has 0 bridgehead atoms. The highest BCUT2D eigenvalue weighted by Gasteiger charge is 2.24. The number of nitrogens with one attached hydrogen (secondary N) is 1. The van der Waals surface area contributed by atoms with Crippen LogP contribution in [0.3, 0.4) is 0 Å². The highest BCUT2D eigenvalue weighted by Crippen LogP contribution is 2.40. The largest absolute Gasteiger partial charge is 0.493 e. The fraction of sp³-hybridized carbons (Fsp3) is 0.444. The molecule has 37 heavy (non-hydrogen) atoms. The first-order chi connectivity index (χ1) is 17.8. The van der Waals surface area contributed by atoms with Crippen LogP contribution in [0.2, 0.25) is 0 Å². The van der Waals surface area contributed by atoms with Gasteiger partial charge in [0.05, 0.1) is 38.3 Å². The third kappa shape index (κ3) is 5.40. The molecule has 0 atom stereocenters. The molecule has 1 fully saturated rings. The SMILES string of the molecule is CCc1nc(-c2cc(F)c(C)c(F)c2F)[nH]c1CN1CCN(Cc2ccc(OC)c(OC)c2OC)CC1. The molecule has 1 saturated heterocycles. The third-order valence-corrected chi connectivity index (χ3v) is 6.87. The molecule has 0 spiro atoms. The molecule has 200 valence electrons. The van der Waals surface area contributed by atoms with Crippen LogP contribution in [0.4, 0.5) is 13.2 Å². The number of aromatic nitrogens is 2. The van der Waals surface area contributed by atoms with Crippen molar-refractivity contribution in [3.05, 3.63) is 58.2 Å². The van der Waals surface area contributed by atoms with Crippen molar-refractivity contribution in [3.8, 4) is 28.6 Å². The van der Waals surface area contributed by atoms with Crippen LogP contribution in [-0.2, 0) is 19.5 Å². The molecule has 1 aromatic heterocycles. The molecule has 0 saturated carbocycles. The molecule has 0 aliphatic carbocycles. The van der Waals surface area contributed by atoms with Crippen LogP contribution >= 0.6 is 0 Å². The zero-order valence-corrected chi connectivity index (χ0v) is 21.9. The van der Waals surface area contributed by atoms with Crippen LogP contribution in [0.5, 0.6) is 17.2 Å². The van der Waals surface area contributed by atoms with Crippen LogP contribution in [0.15, 0.2) is 18.2 Å². The number of nitrogens with zero attached hydrogens (tertiary/aromatic N) is 3. The molecular weight excluding hydrogens is 485 g/mol. The Hall–Kier alpha value is -3.24. The number of H-pyrrole nitrogens is 1. The van der Waals surface area contributed by atoms with E-state index in [0.717, 1.165) is 49.2 Å². The van der Waals surface area contributed by atoms with Gasteiger partial charge in [0, 0.05) is 50.4 Å². The Bertz CT molecular complexity index is 1260. The minimum atomic E-state index is -1.19. The molecule has 10 heteroatoms. The lowest BCUT2D eigenvalue weighted by atomic mass is 10.1. The highest BCUT2D eigenvalue weighted by atomic mass is 19.2. The Morgan fingerprint density at radius 1 is 0.892 bits per heavy atom. The normalized spacial score (nSPS) is 14.7. The molecule has 1 aliphatic heterocycles. The van der Waals surface area contributed by atoms with Crippen LogP contribution < -0.4 is 14.2 Å². The van der Waals surface area contributed by atoms with Crippen LogP contribution in [0, 0.1) is 24.4 Å². The number of aromatic amines is 1. The monoisotopic (exact) mass is 518 g/mol. The number of methoxy groups -OCH3 is 3. The smallest absolute Gasteiger partial charge is 0.203 e. The highest BCUT2D eigenvalue weighted by molar-refractivity contribution is 5.58. The van der Waals surface area contributed by atoms with E-state index in [1.54, 1.807) is 21.3 Å². The molecule has 0 amide bonds. The van der Waals surface area contributed by atoms with Gasteiger partial charge in [-0.25, -0.2) is 18.2 Å². The van der Waals surface area contributed by atoms with Crippen molar-refractivity contribution in [2.24, 2.45) is 0 Å². The van der Waals surface area contributed by atoms with Crippen molar-refractivity contribution < 1.29 is 27.4 Å². The predicted octanol–water partition coefficient (Wildman–Crippen LogP) is 4.71. The average Bonchev–Trinajstić information content (AvgIpc) is 3.32. The number of benzene rings is 2. The number of aryl methyl sites for hydroxylation is 1. The molecule has 2 heterocycles. The molecule has 1 N–H and O–H groups in total. The Balaban J connectivity index is 1.44. The Morgan fingerprint density at radius 2 is 1.54 bits per heavy atom. The van der Waals surface area contributed by atoms with Gasteiger partial charge in [-0.3, -0.25) is 9.80 Å². The van der Waals surface area contributed by atoms with Crippen LogP contribution in [0.25, 0.3) is 11.4 Å². The summed E-state index contributed by atoms with van der Waals surface area (Å²) in [6, 6.07) is 4.86. The van der Waals surface area contributed by atoms with Crippen molar-refractivity contribution in [3.63, 3.8) is 0 Å². The Labute approximate surface area is 215 Å². The number of halogens is 3. The van der Waals surface area contributed by atoms with E-state index in [2.05, 4.69) is 19.8 Å². The lowest BCUT2D eigenvalue weighted by molar-refractivity contribution is 0.120. The van der Waals surface area contributed by atoms with Crippen LogP contribution in [-0.4, -0.2) is 67.3 Å². The van der Waals surface area contributed by atoms with E-state index < -0.39 is 17.5 Å². The summed E-state index contributed by atoms with van der Waals surface area (Å²) < 4.78 is 59.3. The van der Waals surface area contributed by atoms with Gasteiger partial charge in [0.15, 0.2) is 23.1 Å². The fourth-order valence-corrected chi connectivity index (χ4v) is 4.71. The van der Waals surface area contributed by atoms with Gasteiger partial charge in [-0.15, -0.1) is 0 Å². The first-order valence-corrected chi connectivity index (χ1v) is 12.3. The molecule has 0 radical (unpaired) electrons. The minimum absolute atomic E-state index is 0.140. The molecule has 7 nitrogen and oxygen atoms in total. The first-order valence-electron chi connectivity index (χ1n) is 12.3. The number of ether oxygens (including phenoxy) is 3. The molecule has 2 aromatic carbocycles. The summed E-state index contributed by atoms with van der Waals surface area (Å²) in [5.41, 5.74) is 2.06. The maximum absolute atomic E-state index is 14.6. The van der Waals surface area contributed by atoms with E-state index in [1.165, 1.54) is 6.92 Å². The Morgan fingerprint density at radius 3 is 2.14 bits per heavy atom. The second-order valence-corrected chi connectivity index (χ2v) is 9.07. The summed E-state index contributed by atoms with van der Waals surface area (Å²) in [7, 11) is 4.80. The van der Waals surface area contributed by atoms with Crippen molar-refractivity contribution in [2.75, 3.05) is 47.5 Å². The second kappa shape index (κ2) is 11.4. The van der Waals surface area contributed by atoms with Gasteiger partial charge >= 0.3 is 0 Å². The summed E-state index contributed by atoms with van der Waals surface area (Å²) in [4.78, 5) is 12.2. The minimum Gasteiger partial charge on any atom is -0.493 e. The number of hydrogen-bond donors (Lipinski definition) is 1. The number of imidazole rings is 1. The van der Waals surface area contributed by atoms with Gasteiger partial charge in [0.2, 0.25) is 5.75 Å². The van der Waals surface area contributed by atoms with Crippen molar-refractivity contribution in [1.29, 1.82) is 0 Å². The summed E-state index contributed by atoms with van der Waals surface area (Å²) >= 11 is 0. The van der Waals surface area contributed by atoms with E-state index in [-0.39, 0.29) is 17.0 Å². The maximum Gasteiger partial charge on any atom is 0.203 e. The average molecular weight is 519 g/mol. The van der Waals surface area contributed by atoms with Gasteiger partial charge < -0.3 is 19.2 Å². The lowest BCUT2D eigenvalue weighted by Gasteiger charge is -2.35. The quantitative estimate of drug-likeness (QED) is 0.414. The number of piperazine rings is 1. The van der Waals surface area contributed by atoms with Gasteiger partial charge in [-0.1, -0.05) is 13.0 Å². The summed E-state index contributed by atoms with van der Waals surface area (Å²) in [6.45, 7) is 7.75. The number of rotatable bonds is 9. The molecule has 3 aromatic rings. The van der Waals surface area contributed by atoms with Gasteiger partial charge in [0.1, 0.15) is 11.6 Å². The van der Waals surface area contributed by atoms with E-state index in [1.807, 2.05) is 19.1 Å². The van der Waals surface area contributed by atoms with Crippen molar-refractivity contribution >= 4 is 0 Å². The van der Waals surface area contributed by atoms with Gasteiger partial charge in [-0.05, 0) is 25.5 Å². The van der Waals surface area contributed by atoms with Crippen molar-refractivity contribution in [1.82, 2.24) is 19.8 Å². The molecule has 4 rings (SSSR count). The summed E-state index contributed by atoms with van der Waals surface area (Å²) in [5.74, 6) is -1.08. The van der Waals surface area contributed by atoms with E-state index in [4.69, 9.17) is 14.2 Å². The third-order valence-electron chi connectivity index (χ3n) is 6.87. The fourth-order valence-electron chi connectivity index (χ4n) is 4.71. The maximum atomic E-state index is 14.6. The van der Waals surface area contributed by atoms with E-state index in [0.29, 0.717) is 36.8 Å². The van der Waals surface area contributed by atoms with Crippen molar-refractivity contribution in [2.45, 2.75) is 33.4 Å². The zero-order valence-electron chi connectivity index (χ0n) is 21.9. The van der Waals surface area contributed by atoms with Crippen LogP contribution in [0.1, 0.15) is 29.4 Å². The topological polar surface area (TPSA) is 62.9 Å². The van der Waals surface area contributed by atoms with Gasteiger partial charge in [-0.2, -0.15) is 0 Å². The van der Waals surface area contributed by atoms with Gasteiger partial charge in [0.25, 0.3) is 0 Å². The first kappa shape index (κ1) is 26.8. The zero-order chi connectivity index (χ0) is 26.7. The Kier molecular flexibility index (Phi) is 8.29. The molecular formula is C27H33F3N4O3. The molecule has 1 aliphatic rings. The molecule has 0 unspecified atom stereocenters. The predicted molar refractivity (Wildman–Crippen MR) is 135 cm³/mol.